The largest absolute Gasteiger partial charge is 0.444 e. The Morgan fingerprint density at radius 3 is 2.59 bits per heavy atom. The molecule has 0 bridgehead atoms. The fourth-order valence-electron chi connectivity index (χ4n) is 1.76. The molecule has 0 spiro atoms. The Kier molecular flexibility index (Phi) is 6.59. The molecule has 1 amide bonds. The first-order chi connectivity index (χ1) is 10.1. The Hall–Kier alpha value is -1.37. The lowest BCUT2D eigenvalue weighted by Crippen LogP contribution is -2.34. The highest BCUT2D eigenvalue weighted by Crippen LogP contribution is 2.25. The number of nitrogens with one attached hydrogen (secondary N) is 1. The first-order valence-electron chi connectivity index (χ1n) is 7.06. The number of hydrogen-bond donors (Lipinski definition) is 3. The molecule has 0 saturated carbocycles. The number of aryl methyl sites for hydroxylation is 1. The quantitative estimate of drug-likeness (QED) is 0.721. The van der Waals surface area contributed by atoms with Gasteiger partial charge in [0.05, 0.1) is 6.10 Å². The molecule has 0 aliphatic carbocycles. The molecule has 0 aliphatic rings. The molecule has 2 atom stereocenters. The molecule has 0 fully saturated rings. The third-order valence-corrected chi connectivity index (χ3v) is 3.11. The number of aromatic nitrogens is 1. The number of halogens is 1. The average Bonchev–Trinajstić information content (AvgIpc) is 2.35. The van der Waals surface area contributed by atoms with Gasteiger partial charge in [-0.3, -0.25) is 0 Å². The summed E-state index contributed by atoms with van der Waals surface area (Å²) in [7, 11) is 0. The smallest absolute Gasteiger partial charge is 0.407 e. The molecular weight excluding hydrogens is 308 g/mol. The summed E-state index contributed by atoms with van der Waals surface area (Å²) in [6.45, 7) is 7.24. The Balaban J connectivity index is 2.48. The van der Waals surface area contributed by atoms with Crippen LogP contribution in [-0.4, -0.2) is 39.5 Å². The van der Waals surface area contributed by atoms with Crippen LogP contribution in [-0.2, 0) is 4.74 Å². The zero-order chi connectivity index (χ0) is 16.9. The number of amides is 1. The van der Waals surface area contributed by atoms with Crippen LogP contribution in [0.4, 0.5) is 4.79 Å². The lowest BCUT2D eigenvalue weighted by Gasteiger charge is -2.21. The molecule has 0 aromatic carbocycles. The summed E-state index contributed by atoms with van der Waals surface area (Å²) in [6.07, 6.45) is -2.65. The standard InChI is InChI=1S/C15H23ClN2O4/c1-9-5-6-10(13(16)18-9)12(20)11(19)7-8-17-14(21)22-15(2,3)4/h5-6,11-12,19-20H,7-8H2,1-4H3,(H,17,21). The van der Waals surface area contributed by atoms with Crippen LogP contribution in [0.1, 0.15) is 44.6 Å². The first kappa shape index (κ1) is 18.7. The highest BCUT2D eigenvalue weighted by Gasteiger charge is 2.22. The van der Waals surface area contributed by atoms with Crippen LogP contribution in [0, 0.1) is 6.92 Å². The number of aliphatic hydroxyl groups is 2. The molecule has 0 aliphatic heterocycles. The van der Waals surface area contributed by atoms with Crippen molar-refractivity contribution < 1.29 is 19.7 Å². The van der Waals surface area contributed by atoms with Crippen LogP contribution in [0.15, 0.2) is 12.1 Å². The maximum atomic E-state index is 11.5. The number of aliphatic hydroxyl groups excluding tert-OH is 2. The van der Waals surface area contributed by atoms with Gasteiger partial charge in [-0.15, -0.1) is 0 Å². The number of pyridine rings is 1. The van der Waals surface area contributed by atoms with Gasteiger partial charge < -0.3 is 20.3 Å². The van der Waals surface area contributed by atoms with Crippen molar-refractivity contribution in [1.29, 1.82) is 0 Å². The number of rotatable bonds is 5. The van der Waals surface area contributed by atoms with Gasteiger partial charge in [0, 0.05) is 17.8 Å². The molecule has 0 radical (unpaired) electrons. The van der Waals surface area contributed by atoms with E-state index in [4.69, 9.17) is 16.3 Å². The van der Waals surface area contributed by atoms with Crippen molar-refractivity contribution in [3.8, 4) is 0 Å². The van der Waals surface area contributed by atoms with Crippen LogP contribution in [0.5, 0.6) is 0 Å². The minimum Gasteiger partial charge on any atom is -0.444 e. The van der Waals surface area contributed by atoms with E-state index >= 15 is 0 Å². The lowest BCUT2D eigenvalue weighted by molar-refractivity contribution is 0.0121. The topological polar surface area (TPSA) is 91.7 Å². The van der Waals surface area contributed by atoms with Crippen molar-refractivity contribution in [2.75, 3.05) is 6.54 Å². The fourth-order valence-corrected chi connectivity index (χ4v) is 2.07. The normalized spacial score (nSPS) is 14.3. The van der Waals surface area contributed by atoms with Crippen LogP contribution in [0.2, 0.25) is 5.15 Å². The molecular formula is C15H23ClN2O4. The molecule has 124 valence electrons. The highest BCUT2D eigenvalue weighted by atomic mass is 35.5. The van der Waals surface area contributed by atoms with E-state index < -0.39 is 23.9 Å². The van der Waals surface area contributed by atoms with E-state index in [1.54, 1.807) is 39.8 Å². The Morgan fingerprint density at radius 1 is 1.41 bits per heavy atom. The summed E-state index contributed by atoms with van der Waals surface area (Å²) in [5, 5.41) is 22.8. The molecule has 1 rings (SSSR count). The van der Waals surface area contributed by atoms with Crippen LogP contribution in [0.3, 0.4) is 0 Å². The average molecular weight is 331 g/mol. The van der Waals surface area contributed by atoms with Crippen molar-refractivity contribution in [2.24, 2.45) is 0 Å². The van der Waals surface area contributed by atoms with E-state index in [-0.39, 0.29) is 18.1 Å². The van der Waals surface area contributed by atoms with E-state index in [2.05, 4.69) is 10.3 Å². The van der Waals surface area contributed by atoms with E-state index in [1.165, 1.54) is 0 Å². The molecule has 6 nitrogen and oxygen atoms in total. The third kappa shape index (κ3) is 6.17. The van der Waals surface area contributed by atoms with E-state index in [9.17, 15) is 15.0 Å². The number of carbonyl (C=O) groups is 1. The Bertz CT molecular complexity index is 517. The zero-order valence-electron chi connectivity index (χ0n) is 13.3. The number of carbonyl (C=O) groups excluding carboxylic acids is 1. The van der Waals surface area contributed by atoms with Gasteiger partial charge in [-0.1, -0.05) is 17.7 Å². The summed E-state index contributed by atoms with van der Waals surface area (Å²) in [4.78, 5) is 15.5. The first-order valence-corrected chi connectivity index (χ1v) is 7.44. The predicted molar refractivity (Wildman–Crippen MR) is 83.8 cm³/mol. The number of hydrogen-bond acceptors (Lipinski definition) is 5. The van der Waals surface area contributed by atoms with Crippen LogP contribution in [0.25, 0.3) is 0 Å². The molecule has 2 unspecified atom stereocenters. The van der Waals surface area contributed by atoms with Crippen molar-refractivity contribution in [3.63, 3.8) is 0 Å². The van der Waals surface area contributed by atoms with Crippen LogP contribution < -0.4 is 5.32 Å². The van der Waals surface area contributed by atoms with Crippen molar-refractivity contribution in [3.05, 3.63) is 28.5 Å². The van der Waals surface area contributed by atoms with Gasteiger partial charge in [-0.2, -0.15) is 0 Å². The van der Waals surface area contributed by atoms with E-state index in [1.807, 2.05) is 0 Å². The second-order valence-corrected chi connectivity index (χ2v) is 6.42. The van der Waals surface area contributed by atoms with Gasteiger partial charge in [0.2, 0.25) is 0 Å². The third-order valence-electron chi connectivity index (χ3n) is 2.81. The second-order valence-electron chi connectivity index (χ2n) is 6.06. The monoisotopic (exact) mass is 330 g/mol. The summed E-state index contributed by atoms with van der Waals surface area (Å²) in [5.74, 6) is 0. The lowest BCUT2D eigenvalue weighted by atomic mass is 10.0. The Labute approximate surface area is 135 Å². The molecule has 1 aromatic heterocycles. The molecule has 3 N–H and O–H groups in total. The minimum absolute atomic E-state index is 0.157. The van der Waals surface area contributed by atoms with Crippen molar-refractivity contribution in [1.82, 2.24) is 10.3 Å². The fraction of sp³-hybridized carbons (Fsp3) is 0.600. The second kappa shape index (κ2) is 7.76. The molecule has 22 heavy (non-hydrogen) atoms. The number of alkyl carbamates (subject to hydrolysis) is 1. The summed E-state index contributed by atoms with van der Waals surface area (Å²) < 4.78 is 5.07. The van der Waals surface area contributed by atoms with E-state index in [0.29, 0.717) is 5.56 Å². The number of nitrogens with zero attached hydrogens (tertiary/aromatic N) is 1. The number of ether oxygens (including phenoxy) is 1. The molecule has 7 heteroatoms. The van der Waals surface area contributed by atoms with Gasteiger partial charge in [0.1, 0.15) is 16.9 Å². The molecule has 0 saturated heterocycles. The summed E-state index contributed by atoms with van der Waals surface area (Å²) in [5.41, 5.74) is 0.502. The van der Waals surface area contributed by atoms with Gasteiger partial charge in [-0.25, -0.2) is 9.78 Å². The van der Waals surface area contributed by atoms with Crippen LogP contribution >= 0.6 is 11.6 Å². The van der Waals surface area contributed by atoms with Crippen molar-refractivity contribution in [2.45, 2.75) is 51.9 Å². The SMILES string of the molecule is Cc1ccc(C(O)C(O)CCNC(=O)OC(C)(C)C)c(Cl)n1. The maximum absolute atomic E-state index is 11.5. The van der Waals surface area contributed by atoms with Gasteiger partial charge >= 0.3 is 6.09 Å². The summed E-state index contributed by atoms with van der Waals surface area (Å²) in [6, 6.07) is 3.33. The highest BCUT2D eigenvalue weighted by molar-refractivity contribution is 6.30. The minimum atomic E-state index is -1.17. The van der Waals surface area contributed by atoms with Gasteiger partial charge in [0.15, 0.2) is 0 Å². The van der Waals surface area contributed by atoms with Gasteiger partial charge in [-0.05, 0) is 40.2 Å². The van der Waals surface area contributed by atoms with E-state index in [0.717, 1.165) is 5.69 Å². The van der Waals surface area contributed by atoms with Crippen molar-refractivity contribution >= 4 is 17.7 Å². The molecule has 1 heterocycles. The predicted octanol–water partition coefficient (Wildman–Crippen LogP) is 2.35. The maximum Gasteiger partial charge on any atom is 0.407 e. The zero-order valence-corrected chi connectivity index (χ0v) is 14.0. The van der Waals surface area contributed by atoms with Gasteiger partial charge in [0.25, 0.3) is 0 Å². The molecule has 1 aromatic rings. The summed E-state index contributed by atoms with van der Waals surface area (Å²) >= 11 is 5.95. The Morgan fingerprint density at radius 2 is 2.05 bits per heavy atom.